The summed E-state index contributed by atoms with van der Waals surface area (Å²) < 4.78 is 0. The topological polar surface area (TPSA) is 20.3 Å². The maximum atomic E-state index is 12.7. The van der Waals surface area contributed by atoms with Crippen LogP contribution in [0.4, 0.5) is 0 Å². The van der Waals surface area contributed by atoms with Crippen LogP contribution in [0.5, 0.6) is 0 Å². The molecule has 0 aliphatic carbocycles. The van der Waals surface area contributed by atoms with Gasteiger partial charge in [0, 0.05) is 29.7 Å². The highest BCUT2D eigenvalue weighted by atomic mass is 32.2. The third kappa shape index (κ3) is 4.64. The Morgan fingerprint density at radius 1 is 1.32 bits per heavy atom. The first kappa shape index (κ1) is 17.1. The van der Waals surface area contributed by atoms with Gasteiger partial charge in [0.2, 0.25) is 5.91 Å². The van der Waals surface area contributed by atoms with E-state index in [9.17, 15) is 4.79 Å². The Hall–Kier alpha value is -1.22. The van der Waals surface area contributed by atoms with Crippen molar-refractivity contribution in [1.82, 2.24) is 4.90 Å². The van der Waals surface area contributed by atoms with Crippen molar-refractivity contribution in [3.05, 3.63) is 43.0 Å². The second-order valence-electron chi connectivity index (χ2n) is 7.29. The average molecular weight is 317 g/mol. The van der Waals surface area contributed by atoms with Crippen LogP contribution in [0.2, 0.25) is 0 Å². The van der Waals surface area contributed by atoms with E-state index < -0.39 is 0 Å². The van der Waals surface area contributed by atoms with Crippen molar-refractivity contribution in [3.8, 4) is 0 Å². The number of rotatable bonds is 6. The largest absolute Gasteiger partial charge is 0.338 e. The van der Waals surface area contributed by atoms with Gasteiger partial charge in [-0.1, -0.05) is 45.0 Å². The molecule has 1 aliphatic heterocycles. The van der Waals surface area contributed by atoms with Crippen molar-refractivity contribution < 1.29 is 4.79 Å². The maximum Gasteiger partial charge on any atom is 0.226 e. The fourth-order valence-corrected chi connectivity index (χ4v) is 4.15. The molecule has 1 aromatic carbocycles. The lowest BCUT2D eigenvalue weighted by Crippen LogP contribution is -2.29. The van der Waals surface area contributed by atoms with Gasteiger partial charge in [-0.15, -0.1) is 18.3 Å². The zero-order chi connectivity index (χ0) is 16.2. The molecule has 0 aromatic heterocycles. The molecular weight excluding hydrogens is 290 g/mol. The number of likely N-dealkylation sites (tertiary alicyclic amines) is 1. The Morgan fingerprint density at radius 2 is 2.00 bits per heavy atom. The lowest BCUT2D eigenvalue weighted by atomic mass is 9.80. The molecule has 0 spiro atoms. The monoisotopic (exact) mass is 317 g/mol. The third-order valence-electron chi connectivity index (χ3n) is 4.04. The van der Waals surface area contributed by atoms with Crippen LogP contribution < -0.4 is 0 Å². The van der Waals surface area contributed by atoms with Gasteiger partial charge in [-0.2, -0.15) is 0 Å². The summed E-state index contributed by atoms with van der Waals surface area (Å²) in [6, 6.07) is 10.5. The first-order valence-corrected chi connectivity index (χ1v) is 8.97. The number of amides is 1. The van der Waals surface area contributed by atoms with Gasteiger partial charge in [0.15, 0.2) is 0 Å². The van der Waals surface area contributed by atoms with Crippen LogP contribution in [-0.4, -0.2) is 29.6 Å². The predicted molar refractivity (Wildman–Crippen MR) is 95.0 cm³/mol. The summed E-state index contributed by atoms with van der Waals surface area (Å²) in [7, 11) is 0. The van der Waals surface area contributed by atoms with Crippen molar-refractivity contribution in [2.75, 3.05) is 18.8 Å². The number of thioether (sulfide) groups is 1. The van der Waals surface area contributed by atoms with Gasteiger partial charge in [-0.05, 0) is 29.9 Å². The minimum absolute atomic E-state index is 0.149. The Kier molecular flexibility index (Phi) is 5.74. The van der Waals surface area contributed by atoms with E-state index in [0.29, 0.717) is 18.4 Å². The molecule has 0 saturated carbocycles. The molecule has 1 aliphatic rings. The van der Waals surface area contributed by atoms with Crippen molar-refractivity contribution in [1.29, 1.82) is 0 Å². The molecule has 1 saturated heterocycles. The highest BCUT2D eigenvalue weighted by molar-refractivity contribution is 7.99. The summed E-state index contributed by atoms with van der Waals surface area (Å²) in [5.74, 6) is 1.89. The molecule has 0 N–H and O–H groups in total. The lowest BCUT2D eigenvalue weighted by molar-refractivity contribution is -0.131. The Bertz CT molecular complexity index is 506. The van der Waals surface area contributed by atoms with Gasteiger partial charge in [0.25, 0.3) is 0 Å². The van der Waals surface area contributed by atoms with Crippen molar-refractivity contribution in [3.63, 3.8) is 0 Å². The van der Waals surface area contributed by atoms with E-state index in [-0.39, 0.29) is 11.3 Å². The molecule has 1 fully saturated rings. The molecule has 3 heteroatoms. The van der Waals surface area contributed by atoms with Crippen LogP contribution in [0.15, 0.2) is 47.9 Å². The van der Waals surface area contributed by atoms with Crippen LogP contribution in [-0.2, 0) is 4.79 Å². The van der Waals surface area contributed by atoms with E-state index in [4.69, 9.17) is 0 Å². The van der Waals surface area contributed by atoms with Gasteiger partial charge in [-0.3, -0.25) is 4.79 Å². The number of benzene rings is 1. The van der Waals surface area contributed by atoms with Crippen molar-refractivity contribution in [2.45, 2.75) is 32.1 Å². The van der Waals surface area contributed by atoms with E-state index in [2.05, 4.69) is 51.6 Å². The summed E-state index contributed by atoms with van der Waals surface area (Å²) in [5.41, 5.74) is 0.181. The standard InChI is InChI=1S/C19H27NOS/c1-5-11-20-13-15(14-22-16-9-7-6-8-10-16)17(18(20)21)12-19(2,3)4/h5-10,15,17H,1,11-14H2,2-4H3/t15-,17-/m1/s1. The van der Waals surface area contributed by atoms with Crippen LogP contribution in [0.1, 0.15) is 27.2 Å². The second kappa shape index (κ2) is 7.36. The molecule has 2 rings (SSSR count). The first-order valence-electron chi connectivity index (χ1n) is 7.98. The Balaban J connectivity index is 2.05. The zero-order valence-electron chi connectivity index (χ0n) is 13.9. The van der Waals surface area contributed by atoms with Crippen LogP contribution >= 0.6 is 11.8 Å². The van der Waals surface area contributed by atoms with Gasteiger partial charge in [0.05, 0.1) is 0 Å². The molecule has 0 unspecified atom stereocenters. The molecule has 22 heavy (non-hydrogen) atoms. The lowest BCUT2D eigenvalue weighted by Gasteiger charge is -2.25. The van der Waals surface area contributed by atoms with Gasteiger partial charge in [-0.25, -0.2) is 0 Å². The quantitative estimate of drug-likeness (QED) is 0.570. The molecule has 120 valence electrons. The summed E-state index contributed by atoms with van der Waals surface area (Å²) in [6.45, 7) is 12.0. The minimum atomic E-state index is 0.149. The molecule has 2 nitrogen and oxygen atoms in total. The normalized spacial score (nSPS) is 22.1. The smallest absolute Gasteiger partial charge is 0.226 e. The van der Waals surface area contributed by atoms with E-state index in [1.165, 1.54) is 4.90 Å². The Labute approximate surface area is 139 Å². The van der Waals surface area contributed by atoms with Crippen molar-refractivity contribution >= 4 is 17.7 Å². The second-order valence-corrected chi connectivity index (χ2v) is 8.38. The zero-order valence-corrected chi connectivity index (χ0v) is 14.7. The van der Waals surface area contributed by atoms with Gasteiger partial charge in [0.1, 0.15) is 0 Å². The molecule has 1 heterocycles. The van der Waals surface area contributed by atoms with Crippen LogP contribution in [0.3, 0.4) is 0 Å². The number of hydrogen-bond donors (Lipinski definition) is 0. The number of carbonyl (C=O) groups is 1. The SMILES string of the molecule is C=CCN1C[C@H](CSc2ccccc2)[C@@H](CC(C)(C)C)C1=O. The van der Waals surface area contributed by atoms with Gasteiger partial charge < -0.3 is 4.90 Å². The van der Waals surface area contributed by atoms with E-state index >= 15 is 0 Å². The van der Waals surface area contributed by atoms with Crippen LogP contribution in [0, 0.1) is 17.3 Å². The molecule has 1 amide bonds. The fraction of sp³-hybridized carbons (Fsp3) is 0.526. The molecule has 0 radical (unpaired) electrons. The predicted octanol–water partition coefficient (Wildman–Crippen LogP) is 4.48. The summed E-state index contributed by atoms with van der Waals surface area (Å²) >= 11 is 1.86. The highest BCUT2D eigenvalue weighted by Crippen LogP contribution is 2.37. The number of hydrogen-bond acceptors (Lipinski definition) is 2. The van der Waals surface area contributed by atoms with E-state index in [1.54, 1.807) is 0 Å². The van der Waals surface area contributed by atoms with Gasteiger partial charge >= 0.3 is 0 Å². The minimum Gasteiger partial charge on any atom is -0.338 e. The van der Waals surface area contributed by atoms with Crippen molar-refractivity contribution in [2.24, 2.45) is 17.3 Å². The molecular formula is C19H27NOS. The van der Waals surface area contributed by atoms with Crippen LogP contribution in [0.25, 0.3) is 0 Å². The molecule has 0 bridgehead atoms. The third-order valence-corrected chi connectivity index (χ3v) is 5.24. The van der Waals surface area contributed by atoms with E-state index in [0.717, 1.165) is 18.7 Å². The van der Waals surface area contributed by atoms with E-state index in [1.807, 2.05) is 28.8 Å². The number of nitrogens with zero attached hydrogens (tertiary/aromatic N) is 1. The fourth-order valence-electron chi connectivity index (χ4n) is 3.06. The summed E-state index contributed by atoms with van der Waals surface area (Å²) in [6.07, 6.45) is 2.79. The first-order chi connectivity index (χ1) is 10.4. The molecule has 2 atom stereocenters. The molecule has 1 aromatic rings. The maximum absolute atomic E-state index is 12.7. The Morgan fingerprint density at radius 3 is 2.59 bits per heavy atom. The summed E-state index contributed by atoms with van der Waals surface area (Å²) in [4.78, 5) is 15.9. The number of carbonyl (C=O) groups excluding carboxylic acids is 1. The highest BCUT2D eigenvalue weighted by Gasteiger charge is 2.41. The summed E-state index contributed by atoms with van der Waals surface area (Å²) in [5, 5.41) is 0. The average Bonchev–Trinajstić information content (AvgIpc) is 2.74.